The summed E-state index contributed by atoms with van der Waals surface area (Å²) >= 11 is 0. The van der Waals surface area contributed by atoms with E-state index in [-0.39, 0.29) is 17.1 Å². The van der Waals surface area contributed by atoms with Crippen LogP contribution in [0.15, 0.2) is 35.9 Å². The summed E-state index contributed by atoms with van der Waals surface area (Å²) in [4.78, 5) is 2.54. The number of aliphatic hydroxyl groups is 1. The maximum absolute atomic E-state index is 9.85. The summed E-state index contributed by atoms with van der Waals surface area (Å²) in [7, 11) is 0. The lowest BCUT2D eigenvalue weighted by atomic mass is 9.78. The molecule has 2 rings (SSSR count). The van der Waals surface area contributed by atoms with Crippen LogP contribution in [0.5, 0.6) is 5.75 Å². The van der Waals surface area contributed by atoms with E-state index in [1.165, 1.54) is 11.1 Å². The van der Waals surface area contributed by atoms with Gasteiger partial charge in [-0.3, -0.25) is 4.90 Å². The number of hydrogen-bond acceptors (Lipinski definition) is 3. The standard InChI is InChI=1S/C24H39NO2/c1-18(2)16-20(25-14-12-21(26)13-15-25)17-24(6,7)19-8-10-22(11-9-19)27-23(3,4)5/h8-11,16,20-21,26H,12-15,17H2,1-7H3. The van der Waals surface area contributed by atoms with Gasteiger partial charge in [-0.2, -0.15) is 0 Å². The van der Waals surface area contributed by atoms with Crippen molar-refractivity contribution in [2.45, 2.75) is 90.9 Å². The normalized spacial score (nSPS) is 18.2. The van der Waals surface area contributed by atoms with Gasteiger partial charge in [-0.05, 0) is 77.0 Å². The number of benzene rings is 1. The van der Waals surface area contributed by atoms with E-state index in [1.54, 1.807) is 0 Å². The molecule has 0 aromatic heterocycles. The van der Waals surface area contributed by atoms with Crippen LogP contribution >= 0.6 is 0 Å². The summed E-state index contributed by atoms with van der Waals surface area (Å²) in [6.07, 6.45) is 5.10. The second kappa shape index (κ2) is 8.79. The maximum Gasteiger partial charge on any atom is 0.120 e. The molecule has 1 aromatic rings. The minimum Gasteiger partial charge on any atom is -0.488 e. The van der Waals surface area contributed by atoms with Gasteiger partial charge in [0.15, 0.2) is 0 Å². The summed E-state index contributed by atoms with van der Waals surface area (Å²) in [6, 6.07) is 9.01. The highest BCUT2D eigenvalue weighted by Crippen LogP contribution is 2.33. The lowest BCUT2D eigenvalue weighted by Gasteiger charge is -2.39. The predicted molar refractivity (Wildman–Crippen MR) is 114 cm³/mol. The molecule has 1 aliphatic heterocycles. The van der Waals surface area contributed by atoms with Crippen molar-refractivity contribution in [1.82, 2.24) is 4.90 Å². The molecule has 1 aromatic carbocycles. The largest absolute Gasteiger partial charge is 0.488 e. The highest BCUT2D eigenvalue weighted by atomic mass is 16.5. The number of piperidine rings is 1. The van der Waals surface area contributed by atoms with Crippen LogP contribution in [0.4, 0.5) is 0 Å². The van der Waals surface area contributed by atoms with E-state index in [0.29, 0.717) is 6.04 Å². The maximum atomic E-state index is 9.85. The Morgan fingerprint density at radius 1 is 1.11 bits per heavy atom. The molecule has 27 heavy (non-hydrogen) atoms. The summed E-state index contributed by atoms with van der Waals surface area (Å²) in [6.45, 7) is 17.2. The van der Waals surface area contributed by atoms with Crippen molar-refractivity contribution < 1.29 is 9.84 Å². The molecule has 0 amide bonds. The third-order valence-electron chi connectivity index (χ3n) is 5.27. The Morgan fingerprint density at radius 2 is 1.67 bits per heavy atom. The van der Waals surface area contributed by atoms with Gasteiger partial charge in [-0.1, -0.05) is 37.6 Å². The second-order valence-corrected chi connectivity index (χ2v) is 9.91. The Kier molecular flexibility index (Phi) is 7.15. The van der Waals surface area contributed by atoms with Gasteiger partial charge in [0, 0.05) is 19.1 Å². The highest BCUT2D eigenvalue weighted by molar-refractivity contribution is 5.32. The van der Waals surface area contributed by atoms with Gasteiger partial charge in [-0.25, -0.2) is 0 Å². The van der Waals surface area contributed by atoms with Crippen LogP contribution in [-0.2, 0) is 5.41 Å². The molecule has 0 radical (unpaired) electrons. The minimum absolute atomic E-state index is 0.0624. The number of hydrogen-bond donors (Lipinski definition) is 1. The number of aliphatic hydroxyl groups excluding tert-OH is 1. The second-order valence-electron chi connectivity index (χ2n) is 9.91. The number of nitrogens with zero attached hydrogens (tertiary/aromatic N) is 1. The van der Waals surface area contributed by atoms with Crippen LogP contribution in [0.2, 0.25) is 0 Å². The van der Waals surface area contributed by atoms with Crippen LogP contribution in [-0.4, -0.2) is 40.8 Å². The molecule has 1 fully saturated rings. The molecule has 0 saturated carbocycles. The van der Waals surface area contributed by atoms with E-state index < -0.39 is 0 Å². The van der Waals surface area contributed by atoms with Gasteiger partial charge in [0.05, 0.1) is 6.10 Å². The van der Waals surface area contributed by atoms with Crippen LogP contribution in [0, 0.1) is 0 Å². The Morgan fingerprint density at radius 3 is 2.15 bits per heavy atom. The van der Waals surface area contributed by atoms with Crippen molar-refractivity contribution in [2.75, 3.05) is 13.1 Å². The SMILES string of the molecule is CC(C)=CC(CC(C)(C)c1ccc(OC(C)(C)C)cc1)N1CCC(O)CC1. The lowest BCUT2D eigenvalue weighted by molar-refractivity contribution is 0.0645. The van der Waals surface area contributed by atoms with Crippen molar-refractivity contribution in [1.29, 1.82) is 0 Å². The average Bonchev–Trinajstić information content (AvgIpc) is 2.53. The summed E-state index contributed by atoms with van der Waals surface area (Å²) < 4.78 is 5.97. The topological polar surface area (TPSA) is 32.7 Å². The zero-order valence-electron chi connectivity index (χ0n) is 18.4. The fourth-order valence-electron chi connectivity index (χ4n) is 3.86. The van der Waals surface area contributed by atoms with Gasteiger partial charge in [-0.15, -0.1) is 0 Å². The molecule has 1 aliphatic rings. The van der Waals surface area contributed by atoms with Gasteiger partial charge in [0.2, 0.25) is 0 Å². The molecular weight excluding hydrogens is 334 g/mol. The lowest BCUT2D eigenvalue weighted by Crippen LogP contribution is -2.44. The van der Waals surface area contributed by atoms with E-state index in [2.05, 4.69) is 83.7 Å². The third kappa shape index (κ3) is 6.97. The van der Waals surface area contributed by atoms with Gasteiger partial charge >= 0.3 is 0 Å². The molecule has 1 N–H and O–H groups in total. The van der Waals surface area contributed by atoms with Gasteiger partial charge in [0.25, 0.3) is 0 Å². The molecule has 1 saturated heterocycles. The fourth-order valence-corrected chi connectivity index (χ4v) is 3.86. The average molecular weight is 374 g/mol. The molecule has 152 valence electrons. The Balaban J connectivity index is 2.14. The molecule has 0 bridgehead atoms. The molecule has 0 aliphatic carbocycles. The molecule has 1 unspecified atom stereocenters. The van der Waals surface area contributed by atoms with E-state index >= 15 is 0 Å². The van der Waals surface area contributed by atoms with Gasteiger partial charge < -0.3 is 9.84 Å². The Bertz CT molecular complexity index is 613. The first-order valence-electron chi connectivity index (χ1n) is 10.3. The highest BCUT2D eigenvalue weighted by Gasteiger charge is 2.30. The summed E-state index contributed by atoms with van der Waals surface area (Å²) in [5, 5.41) is 9.85. The fraction of sp³-hybridized carbons (Fsp3) is 0.667. The molecule has 3 nitrogen and oxygen atoms in total. The first-order valence-corrected chi connectivity index (χ1v) is 10.3. The minimum atomic E-state index is -0.176. The first-order chi connectivity index (χ1) is 12.5. The van der Waals surface area contributed by atoms with Crippen LogP contribution in [0.3, 0.4) is 0 Å². The van der Waals surface area contributed by atoms with Crippen molar-refractivity contribution >= 4 is 0 Å². The van der Waals surface area contributed by atoms with Crippen molar-refractivity contribution in [3.8, 4) is 5.75 Å². The van der Waals surface area contributed by atoms with Crippen LogP contribution in [0.1, 0.15) is 73.3 Å². The zero-order chi connectivity index (χ0) is 20.2. The monoisotopic (exact) mass is 373 g/mol. The molecule has 3 heteroatoms. The predicted octanol–water partition coefficient (Wildman–Crippen LogP) is 5.32. The third-order valence-corrected chi connectivity index (χ3v) is 5.27. The molecule has 0 spiro atoms. The van der Waals surface area contributed by atoms with E-state index in [0.717, 1.165) is 38.1 Å². The molecule has 1 heterocycles. The van der Waals surface area contributed by atoms with Crippen LogP contribution < -0.4 is 4.74 Å². The van der Waals surface area contributed by atoms with E-state index in [1.807, 2.05) is 0 Å². The summed E-state index contributed by atoms with van der Waals surface area (Å²) in [5.74, 6) is 0.924. The zero-order valence-corrected chi connectivity index (χ0v) is 18.4. The summed E-state index contributed by atoms with van der Waals surface area (Å²) in [5.41, 5.74) is 2.58. The van der Waals surface area contributed by atoms with Crippen molar-refractivity contribution in [2.24, 2.45) is 0 Å². The number of rotatable bonds is 6. The molecule has 1 atom stereocenters. The number of likely N-dealkylation sites (tertiary alicyclic amines) is 1. The molecular formula is C24H39NO2. The Hall–Kier alpha value is -1.32. The van der Waals surface area contributed by atoms with E-state index in [9.17, 15) is 5.11 Å². The smallest absolute Gasteiger partial charge is 0.120 e. The van der Waals surface area contributed by atoms with Gasteiger partial charge in [0.1, 0.15) is 11.4 Å². The van der Waals surface area contributed by atoms with E-state index in [4.69, 9.17) is 4.74 Å². The quantitative estimate of drug-likeness (QED) is 0.685. The number of ether oxygens (including phenoxy) is 1. The van der Waals surface area contributed by atoms with Crippen LogP contribution in [0.25, 0.3) is 0 Å². The van der Waals surface area contributed by atoms with Crippen molar-refractivity contribution in [3.05, 3.63) is 41.5 Å². The first kappa shape index (κ1) is 22.0. The number of allylic oxidation sites excluding steroid dienone is 1. The van der Waals surface area contributed by atoms with Crippen molar-refractivity contribution in [3.63, 3.8) is 0 Å². The Labute approximate surface area is 166 Å².